The predicted octanol–water partition coefficient (Wildman–Crippen LogP) is 5.52. The molecule has 2 rings (SSSR count). The van der Waals surface area contributed by atoms with Crippen molar-refractivity contribution in [1.82, 2.24) is 0 Å². The fourth-order valence-corrected chi connectivity index (χ4v) is 6.71. The molecular weight excluding hydrogens is 617 g/mol. The monoisotopic (exact) mass is 634 g/mol. The number of hydrogen-bond donors (Lipinski definition) is 1. The van der Waals surface area contributed by atoms with Gasteiger partial charge in [-0.1, -0.05) is 75.7 Å². The molecule has 0 spiro atoms. The van der Waals surface area contributed by atoms with Gasteiger partial charge in [-0.15, -0.1) is 0 Å². The molecule has 1 N–H and O–H groups in total. The van der Waals surface area contributed by atoms with Crippen molar-refractivity contribution in [2.45, 2.75) is 13.8 Å². The van der Waals surface area contributed by atoms with Gasteiger partial charge in [-0.05, 0) is 49.2 Å². The first-order chi connectivity index (χ1) is 10.5. The highest BCUT2D eigenvalue weighted by Crippen LogP contribution is 2.38. The quantitative estimate of drug-likeness (QED) is 0.440. The van der Waals surface area contributed by atoms with Gasteiger partial charge in [-0.2, -0.15) is 0 Å². The topological polar surface area (TPSA) is 29.5 Å². The van der Waals surface area contributed by atoms with Crippen molar-refractivity contribution in [3.8, 4) is 17.2 Å². The zero-order valence-corrected chi connectivity index (χ0v) is 18.9. The smallest absolute Gasteiger partial charge is 0.153 e. The molecule has 5 heteroatoms. The van der Waals surface area contributed by atoms with E-state index in [1.165, 1.54) is 12.7 Å². The maximum absolute atomic E-state index is 10.0. The average molecular weight is 634 g/mol. The molecule has 0 aliphatic carbocycles. The van der Waals surface area contributed by atoms with Crippen molar-refractivity contribution in [2.75, 3.05) is 0 Å². The van der Waals surface area contributed by atoms with Crippen LogP contribution in [0, 0.1) is 24.6 Å². The van der Waals surface area contributed by atoms with Crippen LogP contribution in [0.15, 0.2) is 24.3 Å². The molecule has 0 saturated carbocycles. The summed E-state index contributed by atoms with van der Waals surface area (Å²) in [5, 5.41) is 10.0. The van der Waals surface area contributed by atoms with Crippen molar-refractivity contribution < 1.29 is 9.84 Å². The first kappa shape index (κ1) is 18.2. The van der Waals surface area contributed by atoms with E-state index in [0.717, 1.165) is 20.6 Å². The zero-order chi connectivity index (χ0) is 16.3. The number of hydrogen-bond acceptors (Lipinski definition) is 2. The molecule has 0 amide bonds. The number of rotatable bonds is 5. The molecule has 0 saturated heterocycles. The second kappa shape index (κ2) is 8.09. The summed E-state index contributed by atoms with van der Waals surface area (Å²) < 4.78 is 21.8. The molecule has 0 aromatic heterocycles. The Bertz CT molecular complexity index is 738. The number of halogens is 3. The molecule has 118 valence electrons. The Morgan fingerprint density at radius 3 is 1.91 bits per heavy atom. The maximum Gasteiger partial charge on any atom is 0.153 e. The van der Waals surface area contributed by atoms with E-state index in [2.05, 4.69) is 32.6 Å². The zero-order valence-electron chi connectivity index (χ0n) is 12.4. The van der Waals surface area contributed by atoms with Crippen LogP contribution in [0.3, 0.4) is 0 Å². The Balaban J connectivity index is 2.56. The Hall–Kier alpha value is -0.160. The van der Waals surface area contributed by atoms with Crippen LogP contribution in [0.5, 0.6) is 17.2 Å². The minimum Gasteiger partial charge on any atom is -0.507 e. The minimum absolute atomic E-state index is 0.316. The van der Waals surface area contributed by atoms with Gasteiger partial charge >= 0.3 is 0 Å². The van der Waals surface area contributed by atoms with Crippen molar-refractivity contribution in [3.63, 3.8) is 0 Å². The van der Waals surface area contributed by atoms with E-state index in [1.807, 2.05) is 19.1 Å². The van der Waals surface area contributed by atoms with Gasteiger partial charge in [0.25, 0.3) is 0 Å². The van der Waals surface area contributed by atoms with E-state index in [0.29, 0.717) is 5.75 Å². The molecule has 2 aromatic rings. The van der Waals surface area contributed by atoms with Gasteiger partial charge in [0.1, 0.15) is 11.5 Å². The molecule has 0 aliphatic rings. The van der Waals surface area contributed by atoms with Crippen LogP contribution in [0.1, 0.15) is 11.1 Å². The van der Waals surface area contributed by atoms with Gasteiger partial charge in [-0.3, -0.25) is 0 Å². The van der Waals surface area contributed by atoms with E-state index < -0.39 is 20.7 Å². The van der Waals surface area contributed by atoms with E-state index in [1.54, 1.807) is 0 Å². The van der Waals surface area contributed by atoms with Crippen molar-refractivity contribution in [2.24, 2.45) is 0 Å². The summed E-state index contributed by atoms with van der Waals surface area (Å²) >= 11 is -1.07. The molecule has 0 atom stereocenters. The number of ether oxygens (including phenoxy) is 1. The van der Waals surface area contributed by atoms with Crippen LogP contribution in [0.4, 0.5) is 0 Å². The molecule has 0 fully saturated rings. The first-order valence-electron chi connectivity index (χ1n) is 6.31. The van der Waals surface area contributed by atoms with Crippen LogP contribution in [-0.2, 0) is 0 Å². The summed E-state index contributed by atoms with van der Waals surface area (Å²) in [4.78, 5) is 0. The van der Waals surface area contributed by atoms with Crippen molar-refractivity contribution in [1.29, 1.82) is 0 Å². The fraction of sp³-hybridized carbons (Fsp3) is 0.118. The van der Waals surface area contributed by atoms with Crippen LogP contribution < -0.4 is 4.74 Å². The highest BCUT2D eigenvalue weighted by Gasteiger charge is 2.12. The van der Waals surface area contributed by atoms with Crippen LogP contribution >= 0.6 is 62.2 Å². The number of benzene rings is 2. The second-order valence-corrected chi connectivity index (χ2v) is 10.4. The van der Waals surface area contributed by atoms with Crippen molar-refractivity contribution >= 4 is 75.7 Å². The second-order valence-electron chi connectivity index (χ2n) is 4.63. The lowest BCUT2D eigenvalue weighted by molar-refractivity contribution is 0.454. The summed E-state index contributed by atoms with van der Waals surface area (Å²) in [5.41, 5.74) is 2.08. The molecule has 0 radical (unpaired) electrons. The summed E-state index contributed by atoms with van der Waals surface area (Å²) in [6.07, 6.45) is 0. The number of phenols is 1. The standard InChI is InChI=1S/C17H17I3O2/c1-10-6-14(19-4)17(15(7-10)20-5)22-12-8-11(2)16(21)13(9-12)18-3/h6-9,21H,3-5H2,1-2H3. The first-order valence-corrected chi connectivity index (χ1v) is 14.1. The Labute approximate surface area is 161 Å². The summed E-state index contributed by atoms with van der Waals surface area (Å²) in [6, 6.07) is 8.13. The summed E-state index contributed by atoms with van der Waals surface area (Å²) in [7, 11) is 0. The lowest BCUT2D eigenvalue weighted by Crippen LogP contribution is -1.94. The Kier molecular flexibility index (Phi) is 6.69. The van der Waals surface area contributed by atoms with Crippen molar-refractivity contribution in [3.05, 3.63) is 46.1 Å². The largest absolute Gasteiger partial charge is 0.507 e. The van der Waals surface area contributed by atoms with Gasteiger partial charge in [0.15, 0.2) is 5.75 Å². The third-order valence-electron chi connectivity index (χ3n) is 3.02. The predicted molar refractivity (Wildman–Crippen MR) is 124 cm³/mol. The molecule has 22 heavy (non-hydrogen) atoms. The van der Waals surface area contributed by atoms with E-state index in [9.17, 15) is 5.11 Å². The highest BCUT2D eigenvalue weighted by molar-refractivity contribution is 14.2. The highest BCUT2D eigenvalue weighted by atomic mass is 127. The van der Waals surface area contributed by atoms with E-state index in [4.69, 9.17) is 4.74 Å². The Morgan fingerprint density at radius 1 is 0.864 bits per heavy atom. The third-order valence-corrected chi connectivity index (χ3v) is 7.91. The van der Waals surface area contributed by atoms with Gasteiger partial charge in [0, 0.05) is 0 Å². The molecule has 2 nitrogen and oxygen atoms in total. The minimum atomic E-state index is -0.442. The Morgan fingerprint density at radius 2 is 1.41 bits per heavy atom. The molecule has 2 aromatic carbocycles. The normalized spacial score (nSPS) is 10.6. The molecule has 0 unspecified atom stereocenters. The fourth-order valence-electron chi connectivity index (χ4n) is 1.97. The lowest BCUT2D eigenvalue weighted by atomic mass is 10.2. The SMILES string of the molecule is C=Ic1cc(Oc2c(I=C)cc(C)cc2I=C)cc(C)c1O. The van der Waals surface area contributed by atoms with Gasteiger partial charge < -0.3 is 9.84 Å². The van der Waals surface area contributed by atoms with Gasteiger partial charge in [-0.25, -0.2) is 0 Å². The number of aryl methyl sites for hydroxylation is 2. The average Bonchev–Trinajstić information content (AvgIpc) is 2.51. The van der Waals surface area contributed by atoms with Crippen LogP contribution in [0.2, 0.25) is 0 Å². The van der Waals surface area contributed by atoms with Gasteiger partial charge in [0.05, 0.1) is 10.7 Å². The molecule has 0 aliphatic heterocycles. The van der Waals surface area contributed by atoms with E-state index in [-0.39, 0.29) is 41.5 Å². The van der Waals surface area contributed by atoms with Crippen LogP contribution in [0.25, 0.3) is 0 Å². The summed E-state index contributed by atoms with van der Waals surface area (Å²) in [6.45, 7) is 4.00. The lowest BCUT2D eigenvalue weighted by Gasteiger charge is -2.14. The third kappa shape index (κ3) is 4.02. The molecule has 0 heterocycles. The number of phenolic OH excluding ortho intramolecular Hbond substituents is 1. The summed E-state index contributed by atoms with van der Waals surface area (Å²) in [5.74, 6) is 2.07. The van der Waals surface area contributed by atoms with Gasteiger partial charge in [0.2, 0.25) is 0 Å². The molecular formula is C17H17I3O2. The maximum atomic E-state index is 10.0. The number of aromatic hydroxyl groups is 1. The molecule has 0 bridgehead atoms. The van der Waals surface area contributed by atoms with E-state index >= 15 is 0 Å². The van der Waals surface area contributed by atoms with Crippen LogP contribution in [-0.4, -0.2) is 18.7 Å².